The van der Waals surface area contributed by atoms with Gasteiger partial charge >= 0.3 is 0 Å². The van der Waals surface area contributed by atoms with E-state index in [1.807, 2.05) is 7.05 Å². The van der Waals surface area contributed by atoms with Crippen LogP contribution in [0.3, 0.4) is 0 Å². The molecule has 1 fully saturated rings. The normalized spacial score (nSPS) is 17.3. The summed E-state index contributed by atoms with van der Waals surface area (Å²) in [5.74, 6) is 0.904. The highest BCUT2D eigenvalue weighted by atomic mass is 15.2. The predicted molar refractivity (Wildman–Crippen MR) is 107 cm³/mol. The first-order valence-electron chi connectivity index (χ1n) is 9.41. The highest BCUT2D eigenvalue weighted by Crippen LogP contribution is 2.13. The number of benzene rings is 1. The van der Waals surface area contributed by atoms with Gasteiger partial charge in [-0.3, -0.25) is 4.99 Å². The molecule has 0 saturated carbocycles. The van der Waals surface area contributed by atoms with Gasteiger partial charge in [-0.1, -0.05) is 24.3 Å². The van der Waals surface area contributed by atoms with Gasteiger partial charge in [0, 0.05) is 45.3 Å². The molecule has 0 spiro atoms. The van der Waals surface area contributed by atoms with Crippen LogP contribution in [0.25, 0.3) is 0 Å². The van der Waals surface area contributed by atoms with Gasteiger partial charge in [-0.2, -0.15) is 0 Å². The maximum Gasteiger partial charge on any atom is 0.191 e. The third kappa shape index (κ3) is 6.67. The second kappa shape index (κ2) is 9.78. The smallest absolute Gasteiger partial charge is 0.191 e. The summed E-state index contributed by atoms with van der Waals surface area (Å²) in [6.45, 7) is 8.65. The Morgan fingerprint density at radius 3 is 2.52 bits per heavy atom. The molecule has 25 heavy (non-hydrogen) atoms. The summed E-state index contributed by atoms with van der Waals surface area (Å²) in [7, 11) is 6.05. The lowest BCUT2D eigenvalue weighted by atomic mass is 10.0. The zero-order valence-electron chi connectivity index (χ0n) is 16.5. The van der Waals surface area contributed by atoms with Crippen molar-refractivity contribution in [1.82, 2.24) is 20.4 Å². The summed E-state index contributed by atoms with van der Waals surface area (Å²) in [5, 5.41) is 7.05. The third-order valence-corrected chi connectivity index (χ3v) is 4.77. The van der Waals surface area contributed by atoms with E-state index >= 15 is 0 Å². The Morgan fingerprint density at radius 1 is 1.24 bits per heavy atom. The van der Waals surface area contributed by atoms with Crippen molar-refractivity contribution in [3.63, 3.8) is 0 Å². The molecule has 1 aromatic rings. The Kier molecular flexibility index (Phi) is 7.72. The predicted octanol–water partition coefficient (Wildman–Crippen LogP) is 2.29. The van der Waals surface area contributed by atoms with Crippen molar-refractivity contribution in [1.29, 1.82) is 0 Å². The number of rotatable bonds is 6. The molecule has 0 aliphatic carbocycles. The van der Waals surface area contributed by atoms with Crippen molar-refractivity contribution in [3.8, 4) is 0 Å². The molecular weight excluding hydrogens is 310 g/mol. The average Bonchev–Trinajstić information content (AvgIpc) is 2.58. The van der Waals surface area contributed by atoms with Crippen LogP contribution in [0.1, 0.15) is 37.8 Å². The Hall–Kier alpha value is -1.59. The fourth-order valence-electron chi connectivity index (χ4n) is 3.34. The largest absolute Gasteiger partial charge is 0.354 e. The number of likely N-dealkylation sites (tertiary alicyclic amines) is 1. The van der Waals surface area contributed by atoms with Gasteiger partial charge in [-0.05, 0) is 51.9 Å². The Bertz CT molecular complexity index is 545. The van der Waals surface area contributed by atoms with E-state index in [2.05, 4.69) is 77.6 Å². The van der Waals surface area contributed by atoms with Gasteiger partial charge in [0.05, 0.1) is 0 Å². The van der Waals surface area contributed by atoms with E-state index in [1.165, 1.54) is 37.1 Å². The standard InChI is InChI=1S/C20H35N5/c1-16(2)25-11-9-19(10-12-25)23-20(21-3)22-14-17-7-6-8-18(13-17)15-24(4)5/h6-8,13,16,19H,9-12,14-15H2,1-5H3,(H2,21,22,23). The summed E-state index contributed by atoms with van der Waals surface area (Å²) in [6.07, 6.45) is 2.36. The maximum atomic E-state index is 4.39. The van der Waals surface area contributed by atoms with Gasteiger partial charge in [-0.25, -0.2) is 0 Å². The number of nitrogens with zero attached hydrogens (tertiary/aromatic N) is 3. The molecule has 0 radical (unpaired) electrons. The lowest BCUT2D eigenvalue weighted by molar-refractivity contribution is 0.167. The summed E-state index contributed by atoms with van der Waals surface area (Å²) >= 11 is 0. The van der Waals surface area contributed by atoms with Gasteiger partial charge in [0.1, 0.15) is 0 Å². The molecule has 1 heterocycles. The van der Waals surface area contributed by atoms with Crippen molar-refractivity contribution in [2.75, 3.05) is 34.2 Å². The molecule has 0 atom stereocenters. The molecule has 1 aromatic carbocycles. The van der Waals surface area contributed by atoms with Crippen molar-refractivity contribution >= 4 is 5.96 Å². The summed E-state index contributed by atoms with van der Waals surface area (Å²) in [6, 6.07) is 9.91. The molecule has 5 heteroatoms. The van der Waals surface area contributed by atoms with Crippen LogP contribution >= 0.6 is 0 Å². The summed E-state index contributed by atoms with van der Waals surface area (Å²) in [4.78, 5) is 9.13. The Balaban J connectivity index is 1.81. The first-order valence-corrected chi connectivity index (χ1v) is 9.41. The molecule has 1 aliphatic rings. The topological polar surface area (TPSA) is 42.9 Å². The molecule has 0 amide bonds. The van der Waals surface area contributed by atoms with Crippen LogP contribution < -0.4 is 10.6 Å². The Labute approximate surface area is 153 Å². The second-order valence-electron chi connectivity index (χ2n) is 7.53. The van der Waals surface area contributed by atoms with Gasteiger partial charge in [0.15, 0.2) is 5.96 Å². The molecule has 1 saturated heterocycles. The number of hydrogen-bond acceptors (Lipinski definition) is 3. The number of piperidine rings is 1. The van der Waals surface area contributed by atoms with Crippen LogP contribution in [-0.2, 0) is 13.1 Å². The molecule has 2 rings (SSSR count). The van der Waals surface area contributed by atoms with E-state index in [-0.39, 0.29) is 0 Å². The monoisotopic (exact) mass is 345 g/mol. The minimum atomic E-state index is 0.515. The van der Waals surface area contributed by atoms with Crippen LogP contribution in [-0.4, -0.2) is 62.1 Å². The van der Waals surface area contributed by atoms with Crippen LogP contribution in [0.4, 0.5) is 0 Å². The zero-order valence-corrected chi connectivity index (χ0v) is 16.5. The highest BCUT2D eigenvalue weighted by molar-refractivity contribution is 5.79. The molecule has 2 N–H and O–H groups in total. The lowest BCUT2D eigenvalue weighted by Crippen LogP contribution is -2.49. The maximum absolute atomic E-state index is 4.39. The van der Waals surface area contributed by atoms with Crippen LogP contribution in [0.5, 0.6) is 0 Å². The van der Waals surface area contributed by atoms with Crippen molar-refractivity contribution in [2.45, 2.75) is 51.9 Å². The number of hydrogen-bond donors (Lipinski definition) is 2. The van der Waals surface area contributed by atoms with Crippen molar-refractivity contribution in [2.24, 2.45) is 4.99 Å². The summed E-state index contributed by atoms with van der Waals surface area (Å²) in [5.41, 5.74) is 2.63. The lowest BCUT2D eigenvalue weighted by Gasteiger charge is -2.35. The van der Waals surface area contributed by atoms with Crippen LogP contribution in [0, 0.1) is 0 Å². The van der Waals surface area contributed by atoms with Crippen LogP contribution in [0.15, 0.2) is 29.3 Å². The average molecular weight is 346 g/mol. The fraction of sp³-hybridized carbons (Fsp3) is 0.650. The number of guanidine groups is 1. The summed E-state index contributed by atoms with van der Waals surface area (Å²) < 4.78 is 0. The van der Waals surface area contributed by atoms with Crippen LogP contribution in [0.2, 0.25) is 0 Å². The fourth-order valence-corrected chi connectivity index (χ4v) is 3.34. The van der Waals surface area contributed by atoms with Gasteiger partial charge < -0.3 is 20.4 Å². The van der Waals surface area contributed by atoms with E-state index < -0.39 is 0 Å². The number of nitrogens with one attached hydrogen (secondary N) is 2. The first-order chi connectivity index (χ1) is 12.0. The molecule has 5 nitrogen and oxygen atoms in total. The molecule has 0 unspecified atom stereocenters. The molecule has 1 aliphatic heterocycles. The van der Waals surface area contributed by atoms with Gasteiger partial charge in [0.25, 0.3) is 0 Å². The first kappa shape index (κ1) is 19.7. The number of aliphatic imine (C=N–C) groups is 1. The third-order valence-electron chi connectivity index (χ3n) is 4.77. The quantitative estimate of drug-likeness (QED) is 0.613. The van der Waals surface area contributed by atoms with E-state index in [9.17, 15) is 0 Å². The molecule has 0 bridgehead atoms. The molecular formula is C20H35N5. The van der Waals surface area contributed by atoms with Gasteiger partial charge in [-0.15, -0.1) is 0 Å². The van der Waals surface area contributed by atoms with E-state index in [4.69, 9.17) is 0 Å². The second-order valence-corrected chi connectivity index (χ2v) is 7.53. The van der Waals surface area contributed by atoms with E-state index in [0.29, 0.717) is 12.1 Å². The van der Waals surface area contributed by atoms with Crippen molar-refractivity contribution in [3.05, 3.63) is 35.4 Å². The van der Waals surface area contributed by atoms with Crippen molar-refractivity contribution < 1.29 is 0 Å². The van der Waals surface area contributed by atoms with E-state index in [1.54, 1.807) is 0 Å². The minimum absolute atomic E-state index is 0.515. The molecule has 0 aromatic heterocycles. The van der Waals surface area contributed by atoms with Gasteiger partial charge in [0.2, 0.25) is 0 Å². The highest BCUT2D eigenvalue weighted by Gasteiger charge is 2.21. The van der Waals surface area contributed by atoms with E-state index in [0.717, 1.165) is 19.0 Å². The Morgan fingerprint density at radius 2 is 1.92 bits per heavy atom. The molecule has 140 valence electrons. The minimum Gasteiger partial charge on any atom is -0.354 e. The SMILES string of the molecule is CN=C(NCc1cccc(CN(C)C)c1)NC1CCN(C(C)C)CC1. The zero-order chi connectivity index (χ0) is 18.2.